The Hall–Kier alpha value is -1.85. The number of benzene rings is 1. The molecule has 1 aromatic heterocycles. The lowest BCUT2D eigenvalue weighted by Gasteiger charge is -2.10. The molecule has 0 aliphatic heterocycles. The standard InChI is InChI=1S/C12H11ClFN3O/c1-7-5-8(17-15)6-16-12(7)18-11-9(13)3-2-4-10(11)14/h2-6,17H,15H2,1H3. The largest absolute Gasteiger partial charge is 0.434 e. The lowest BCUT2D eigenvalue weighted by molar-refractivity contribution is 0.425. The van der Waals surface area contributed by atoms with Crippen molar-refractivity contribution in [2.75, 3.05) is 5.43 Å². The Labute approximate surface area is 109 Å². The molecule has 2 aromatic rings. The van der Waals surface area contributed by atoms with Crippen molar-refractivity contribution in [1.82, 2.24) is 4.98 Å². The molecular weight excluding hydrogens is 257 g/mol. The zero-order valence-electron chi connectivity index (χ0n) is 9.58. The van der Waals surface area contributed by atoms with Crippen LogP contribution in [0.25, 0.3) is 0 Å². The van der Waals surface area contributed by atoms with E-state index in [0.717, 1.165) is 0 Å². The molecule has 0 amide bonds. The fourth-order valence-corrected chi connectivity index (χ4v) is 1.63. The van der Waals surface area contributed by atoms with Crippen molar-refractivity contribution < 1.29 is 9.13 Å². The number of hydrogen-bond donors (Lipinski definition) is 2. The molecular formula is C12H11ClFN3O. The van der Waals surface area contributed by atoms with Gasteiger partial charge in [0.15, 0.2) is 11.6 Å². The van der Waals surface area contributed by atoms with Crippen molar-refractivity contribution >= 4 is 17.3 Å². The summed E-state index contributed by atoms with van der Waals surface area (Å²) in [4.78, 5) is 4.04. The third-order valence-corrected chi connectivity index (χ3v) is 2.61. The minimum absolute atomic E-state index is 0.0387. The Morgan fingerprint density at radius 3 is 2.83 bits per heavy atom. The summed E-state index contributed by atoms with van der Waals surface area (Å²) in [6, 6.07) is 6.06. The first-order valence-corrected chi connectivity index (χ1v) is 5.54. The molecule has 4 nitrogen and oxygen atoms in total. The predicted octanol–water partition coefficient (Wildman–Crippen LogP) is 3.26. The number of rotatable bonds is 3. The number of nitrogens with zero attached hydrogens (tertiary/aromatic N) is 1. The van der Waals surface area contributed by atoms with Crippen LogP contribution in [0.2, 0.25) is 5.02 Å². The van der Waals surface area contributed by atoms with Gasteiger partial charge in [0, 0.05) is 5.56 Å². The van der Waals surface area contributed by atoms with Gasteiger partial charge >= 0.3 is 0 Å². The summed E-state index contributed by atoms with van der Waals surface area (Å²) in [6.45, 7) is 1.78. The van der Waals surface area contributed by atoms with E-state index in [-0.39, 0.29) is 16.7 Å². The number of nitrogens with one attached hydrogen (secondary N) is 1. The van der Waals surface area contributed by atoms with Crippen molar-refractivity contribution in [3.05, 3.63) is 46.9 Å². The number of halogens is 2. The van der Waals surface area contributed by atoms with Crippen LogP contribution in [0.1, 0.15) is 5.56 Å². The van der Waals surface area contributed by atoms with E-state index in [4.69, 9.17) is 22.2 Å². The number of nitrogens with two attached hydrogens (primary N) is 1. The number of anilines is 1. The normalized spacial score (nSPS) is 10.2. The maximum absolute atomic E-state index is 13.5. The summed E-state index contributed by atoms with van der Waals surface area (Å²) in [6.07, 6.45) is 1.48. The van der Waals surface area contributed by atoms with Crippen molar-refractivity contribution in [2.24, 2.45) is 5.84 Å². The van der Waals surface area contributed by atoms with Crippen LogP contribution in [0.3, 0.4) is 0 Å². The summed E-state index contributed by atoms with van der Waals surface area (Å²) >= 11 is 5.87. The van der Waals surface area contributed by atoms with Crippen LogP contribution < -0.4 is 16.0 Å². The summed E-state index contributed by atoms with van der Waals surface area (Å²) in [5.41, 5.74) is 3.81. The van der Waals surface area contributed by atoms with Gasteiger partial charge in [0.25, 0.3) is 0 Å². The topological polar surface area (TPSA) is 60.2 Å². The van der Waals surface area contributed by atoms with E-state index in [9.17, 15) is 4.39 Å². The predicted molar refractivity (Wildman–Crippen MR) is 68.3 cm³/mol. The van der Waals surface area contributed by atoms with Gasteiger partial charge in [0.2, 0.25) is 5.88 Å². The van der Waals surface area contributed by atoms with Gasteiger partial charge in [-0.1, -0.05) is 17.7 Å². The van der Waals surface area contributed by atoms with Crippen LogP contribution in [0.5, 0.6) is 11.6 Å². The second-order valence-corrected chi connectivity index (χ2v) is 4.05. The Kier molecular flexibility index (Phi) is 3.64. The monoisotopic (exact) mass is 267 g/mol. The maximum Gasteiger partial charge on any atom is 0.222 e. The minimum atomic E-state index is -0.537. The molecule has 6 heteroatoms. The molecule has 0 bridgehead atoms. The first kappa shape index (κ1) is 12.6. The van der Waals surface area contributed by atoms with Gasteiger partial charge in [-0.05, 0) is 25.1 Å². The number of para-hydroxylation sites is 1. The van der Waals surface area contributed by atoms with Crippen LogP contribution in [0.15, 0.2) is 30.5 Å². The fourth-order valence-electron chi connectivity index (χ4n) is 1.42. The van der Waals surface area contributed by atoms with Crippen molar-refractivity contribution in [1.29, 1.82) is 0 Å². The number of hydrazine groups is 1. The van der Waals surface area contributed by atoms with E-state index in [1.165, 1.54) is 18.3 Å². The molecule has 0 saturated heterocycles. The molecule has 1 heterocycles. The zero-order chi connectivity index (χ0) is 13.1. The van der Waals surface area contributed by atoms with Crippen LogP contribution >= 0.6 is 11.6 Å². The van der Waals surface area contributed by atoms with Crippen molar-refractivity contribution in [2.45, 2.75) is 6.92 Å². The summed E-state index contributed by atoms with van der Waals surface area (Å²) in [5.74, 6) is 4.96. The molecule has 0 fully saturated rings. The summed E-state index contributed by atoms with van der Waals surface area (Å²) in [5, 5.41) is 0.192. The molecule has 1 aromatic carbocycles. The highest BCUT2D eigenvalue weighted by atomic mass is 35.5. The van der Waals surface area contributed by atoms with Gasteiger partial charge < -0.3 is 10.2 Å². The quantitative estimate of drug-likeness (QED) is 0.662. The van der Waals surface area contributed by atoms with E-state index < -0.39 is 5.82 Å². The third-order valence-electron chi connectivity index (χ3n) is 2.31. The molecule has 0 spiro atoms. The number of pyridine rings is 1. The smallest absolute Gasteiger partial charge is 0.222 e. The molecule has 18 heavy (non-hydrogen) atoms. The average Bonchev–Trinajstić information content (AvgIpc) is 2.35. The minimum Gasteiger partial charge on any atom is -0.434 e. The second-order valence-electron chi connectivity index (χ2n) is 3.64. The second kappa shape index (κ2) is 5.20. The fraction of sp³-hybridized carbons (Fsp3) is 0.0833. The van der Waals surface area contributed by atoms with E-state index in [1.54, 1.807) is 19.1 Å². The zero-order valence-corrected chi connectivity index (χ0v) is 10.3. The highest BCUT2D eigenvalue weighted by Crippen LogP contribution is 2.32. The van der Waals surface area contributed by atoms with Crippen molar-refractivity contribution in [3.63, 3.8) is 0 Å². The van der Waals surface area contributed by atoms with Gasteiger partial charge in [-0.3, -0.25) is 5.84 Å². The maximum atomic E-state index is 13.5. The molecule has 0 aliphatic rings. The Morgan fingerprint density at radius 1 is 1.44 bits per heavy atom. The van der Waals surface area contributed by atoms with Crippen LogP contribution in [0, 0.1) is 12.7 Å². The van der Waals surface area contributed by atoms with Gasteiger partial charge in [-0.25, -0.2) is 9.37 Å². The molecule has 0 atom stereocenters. The van der Waals surface area contributed by atoms with Crippen molar-refractivity contribution in [3.8, 4) is 11.6 Å². The highest BCUT2D eigenvalue weighted by Gasteiger charge is 2.12. The SMILES string of the molecule is Cc1cc(NN)cnc1Oc1c(F)cccc1Cl. The van der Waals surface area contributed by atoms with Crippen LogP contribution in [0.4, 0.5) is 10.1 Å². The van der Waals surface area contributed by atoms with Crippen LogP contribution in [-0.2, 0) is 0 Å². The Morgan fingerprint density at radius 2 is 2.22 bits per heavy atom. The lowest BCUT2D eigenvalue weighted by atomic mass is 10.3. The van der Waals surface area contributed by atoms with Gasteiger partial charge in [-0.2, -0.15) is 0 Å². The first-order chi connectivity index (χ1) is 8.61. The molecule has 0 radical (unpaired) electrons. The molecule has 0 aliphatic carbocycles. The van der Waals surface area contributed by atoms with Gasteiger partial charge in [0.1, 0.15) is 0 Å². The van der Waals surface area contributed by atoms with Crippen LogP contribution in [-0.4, -0.2) is 4.98 Å². The third kappa shape index (κ3) is 2.52. The molecule has 3 N–H and O–H groups in total. The first-order valence-electron chi connectivity index (χ1n) is 5.17. The van der Waals surface area contributed by atoms with E-state index in [1.807, 2.05) is 0 Å². The van der Waals surface area contributed by atoms with Gasteiger partial charge in [0.05, 0.1) is 16.9 Å². The average molecular weight is 268 g/mol. The number of ether oxygens (including phenoxy) is 1. The Bertz CT molecular complexity index is 557. The molecule has 0 saturated carbocycles. The number of aromatic nitrogens is 1. The highest BCUT2D eigenvalue weighted by molar-refractivity contribution is 6.32. The molecule has 0 unspecified atom stereocenters. The molecule has 94 valence electrons. The summed E-state index contributed by atoms with van der Waals surface area (Å²) < 4.78 is 18.9. The lowest BCUT2D eigenvalue weighted by Crippen LogP contribution is -2.07. The summed E-state index contributed by atoms with van der Waals surface area (Å²) in [7, 11) is 0. The number of aryl methyl sites for hydroxylation is 1. The van der Waals surface area contributed by atoms with E-state index >= 15 is 0 Å². The van der Waals surface area contributed by atoms with E-state index in [0.29, 0.717) is 11.3 Å². The Balaban J connectivity index is 2.34. The molecule has 2 rings (SSSR count). The number of nitrogen functional groups attached to an aromatic ring is 1. The van der Waals surface area contributed by atoms with E-state index in [2.05, 4.69) is 10.4 Å². The van der Waals surface area contributed by atoms with Gasteiger partial charge in [-0.15, -0.1) is 0 Å². The number of hydrogen-bond acceptors (Lipinski definition) is 4.